The number of carbonyl (C=O) groups excluding carboxylic acids is 1. The first-order chi connectivity index (χ1) is 8.52. The van der Waals surface area contributed by atoms with Gasteiger partial charge in [-0.2, -0.15) is 0 Å². The van der Waals surface area contributed by atoms with Gasteiger partial charge < -0.3 is 5.32 Å². The van der Waals surface area contributed by atoms with Crippen LogP contribution in [0.2, 0.25) is 5.02 Å². The van der Waals surface area contributed by atoms with Crippen molar-refractivity contribution in [2.24, 2.45) is 0 Å². The van der Waals surface area contributed by atoms with Crippen molar-refractivity contribution in [3.8, 4) is 0 Å². The highest BCUT2D eigenvalue weighted by molar-refractivity contribution is 6.32. The summed E-state index contributed by atoms with van der Waals surface area (Å²) >= 11 is 6.10. The molecule has 2 aromatic rings. The molecule has 0 saturated carbocycles. The van der Waals surface area contributed by atoms with Crippen LogP contribution in [0.4, 0.5) is 5.69 Å². The van der Waals surface area contributed by atoms with E-state index < -0.39 is 0 Å². The monoisotopic (exact) mass is 262 g/mol. The van der Waals surface area contributed by atoms with Crippen LogP contribution in [0, 0.1) is 13.8 Å². The van der Waals surface area contributed by atoms with E-state index in [2.05, 4.69) is 10.3 Å². The Morgan fingerprint density at radius 2 is 2.11 bits per heavy atom. The zero-order chi connectivity index (χ0) is 13.3. The number of hydrogen-bond acceptors (Lipinski definition) is 2. The molecule has 0 radical (unpaired) electrons. The van der Waals surface area contributed by atoms with E-state index in [4.69, 9.17) is 11.6 Å². The molecule has 0 spiro atoms. The van der Waals surface area contributed by atoms with Gasteiger partial charge in [-0.05, 0) is 37.6 Å². The maximum atomic E-state index is 11.5. The summed E-state index contributed by atoms with van der Waals surface area (Å²) in [6.45, 7) is 5.66. The number of nitrogens with zero attached hydrogens (tertiary/aromatic N) is 1. The molecule has 0 atom stereocenters. The Kier molecular flexibility index (Phi) is 3.53. The number of rotatable bonds is 2. The second-order valence-corrected chi connectivity index (χ2v) is 4.69. The number of fused-ring (bicyclic) bond motifs is 1. The molecule has 4 heteroatoms. The van der Waals surface area contributed by atoms with E-state index in [0.29, 0.717) is 11.4 Å². The van der Waals surface area contributed by atoms with Crippen molar-refractivity contribution in [3.63, 3.8) is 0 Å². The summed E-state index contributed by atoms with van der Waals surface area (Å²) in [5, 5.41) is 4.51. The zero-order valence-corrected chi connectivity index (χ0v) is 11.4. The Morgan fingerprint density at radius 1 is 1.39 bits per heavy atom. The molecule has 0 aliphatic carbocycles. The summed E-state index contributed by atoms with van der Waals surface area (Å²) < 4.78 is 0. The minimum atomic E-state index is -0.00509. The number of anilines is 1. The predicted octanol–water partition coefficient (Wildman–Crippen LogP) is 3.85. The van der Waals surface area contributed by atoms with E-state index in [-0.39, 0.29) is 5.91 Å². The number of aromatic nitrogens is 1. The lowest BCUT2D eigenvalue weighted by Gasteiger charge is -2.11. The number of amides is 1. The molecule has 0 saturated heterocycles. The molecule has 2 rings (SSSR count). The molecule has 0 bridgehead atoms. The lowest BCUT2D eigenvalue weighted by Crippen LogP contribution is -2.10. The quantitative estimate of drug-likeness (QED) is 0.893. The van der Waals surface area contributed by atoms with Gasteiger partial charge >= 0.3 is 0 Å². The van der Waals surface area contributed by atoms with Gasteiger partial charge in [0.1, 0.15) is 0 Å². The number of halogens is 1. The first kappa shape index (κ1) is 12.8. The van der Waals surface area contributed by atoms with Crippen molar-refractivity contribution >= 4 is 34.1 Å². The minimum Gasteiger partial charge on any atom is -0.325 e. The normalized spacial score (nSPS) is 10.7. The molecule has 0 aliphatic rings. The first-order valence-electron chi connectivity index (χ1n) is 5.89. The van der Waals surface area contributed by atoms with Gasteiger partial charge in [0.25, 0.3) is 0 Å². The van der Waals surface area contributed by atoms with Crippen LogP contribution in [0.25, 0.3) is 10.9 Å². The van der Waals surface area contributed by atoms with Crippen molar-refractivity contribution in [3.05, 3.63) is 34.5 Å². The van der Waals surface area contributed by atoms with Crippen LogP contribution >= 0.6 is 11.6 Å². The molecule has 0 unspecified atom stereocenters. The van der Waals surface area contributed by atoms with Gasteiger partial charge in [-0.15, -0.1) is 0 Å². The Labute approximate surface area is 111 Å². The van der Waals surface area contributed by atoms with E-state index in [1.54, 1.807) is 0 Å². The van der Waals surface area contributed by atoms with Crippen LogP contribution in [-0.2, 0) is 4.79 Å². The van der Waals surface area contributed by atoms with Gasteiger partial charge in [-0.1, -0.05) is 18.5 Å². The summed E-state index contributed by atoms with van der Waals surface area (Å²) in [5.41, 5.74) is 3.43. The van der Waals surface area contributed by atoms with Crippen LogP contribution in [0.15, 0.2) is 18.2 Å². The lowest BCUT2D eigenvalue weighted by atomic mass is 10.1. The van der Waals surface area contributed by atoms with E-state index in [9.17, 15) is 4.79 Å². The van der Waals surface area contributed by atoms with Gasteiger partial charge in [0.15, 0.2) is 0 Å². The fourth-order valence-electron chi connectivity index (χ4n) is 1.87. The van der Waals surface area contributed by atoms with Crippen molar-refractivity contribution in [2.45, 2.75) is 27.2 Å². The molecule has 1 heterocycles. The maximum Gasteiger partial charge on any atom is 0.224 e. The number of benzene rings is 1. The van der Waals surface area contributed by atoms with Crippen LogP contribution in [0.5, 0.6) is 0 Å². The highest BCUT2D eigenvalue weighted by Crippen LogP contribution is 2.29. The highest BCUT2D eigenvalue weighted by atomic mass is 35.5. The molecule has 3 nitrogen and oxygen atoms in total. The van der Waals surface area contributed by atoms with E-state index >= 15 is 0 Å². The molecule has 0 fully saturated rings. The van der Waals surface area contributed by atoms with Gasteiger partial charge in [0, 0.05) is 22.5 Å². The Bertz CT molecular complexity index is 623. The minimum absolute atomic E-state index is 0.00509. The van der Waals surface area contributed by atoms with Crippen LogP contribution < -0.4 is 5.32 Å². The fraction of sp³-hybridized carbons (Fsp3) is 0.286. The summed E-state index contributed by atoms with van der Waals surface area (Å²) in [7, 11) is 0. The summed E-state index contributed by atoms with van der Waals surface area (Å²) in [4.78, 5) is 16.0. The molecule has 1 aromatic heterocycles. The Hall–Kier alpha value is -1.61. The van der Waals surface area contributed by atoms with Crippen molar-refractivity contribution in [1.82, 2.24) is 4.98 Å². The summed E-state index contributed by atoms with van der Waals surface area (Å²) in [6.07, 6.45) is 0.454. The standard InChI is InChI=1S/C14H15ClN2O/c1-4-13(18)17-12-7-8(2)16-14-9(3)11(15)6-5-10(12)14/h5-7H,4H2,1-3H3,(H,16,17,18). The topological polar surface area (TPSA) is 42.0 Å². The van der Waals surface area contributed by atoms with Crippen molar-refractivity contribution in [2.75, 3.05) is 5.32 Å². The fourth-order valence-corrected chi connectivity index (χ4v) is 2.03. The summed E-state index contributed by atoms with van der Waals surface area (Å²) in [5.74, 6) is -0.00509. The number of pyridine rings is 1. The Balaban J connectivity index is 2.66. The average Bonchev–Trinajstić information content (AvgIpc) is 2.34. The third kappa shape index (κ3) is 2.31. The molecular formula is C14H15ClN2O. The molecule has 1 N–H and O–H groups in total. The van der Waals surface area contributed by atoms with Crippen molar-refractivity contribution in [1.29, 1.82) is 0 Å². The highest BCUT2D eigenvalue weighted by Gasteiger charge is 2.10. The lowest BCUT2D eigenvalue weighted by molar-refractivity contribution is -0.115. The second kappa shape index (κ2) is 4.94. The molecule has 18 heavy (non-hydrogen) atoms. The van der Waals surface area contributed by atoms with Crippen LogP contribution in [-0.4, -0.2) is 10.9 Å². The van der Waals surface area contributed by atoms with Crippen LogP contribution in [0.3, 0.4) is 0 Å². The third-order valence-corrected chi connectivity index (χ3v) is 3.30. The van der Waals surface area contributed by atoms with Crippen molar-refractivity contribution < 1.29 is 4.79 Å². The zero-order valence-electron chi connectivity index (χ0n) is 10.7. The van der Waals surface area contributed by atoms with Gasteiger partial charge in [-0.25, -0.2) is 0 Å². The predicted molar refractivity (Wildman–Crippen MR) is 75.1 cm³/mol. The average molecular weight is 263 g/mol. The van der Waals surface area contributed by atoms with Gasteiger partial charge in [0.05, 0.1) is 11.2 Å². The largest absolute Gasteiger partial charge is 0.325 e. The SMILES string of the molecule is CCC(=O)Nc1cc(C)nc2c(C)c(Cl)ccc12. The first-order valence-corrected chi connectivity index (χ1v) is 6.27. The second-order valence-electron chi connectivity index (χ2n) is 4.28. The number of nitrogens with one attached hydrogen (secondary N) is 1. The van der Waals surface area contributed by atoms with Gasteiger partial charge in [-0.3, -0.25) is 9.78 Å². The third-order valence-electron chi connectivity index (χ3n) is 2.89. The van der Waals surface area contributed by atoms with E-state index in [1.165, 1.54) is 0 Å². The number of hydrogen-bond donors (Lipinski definition) is 1. The molecular weight excluding hydrogens is 248 g/mol. The molecule has 1 aromatic carbocycles. The van der Waals surface area contributed by atoms with E-state index in [1.807, 2.05) is 39.0 Å². The maximum absolute atomic E-state index is 11.5. The van der Waals surface area contributed by atoms with E-state index in [0.717, 1.165) is 27.8 Å². The number of carbonyl (C=O) groups is 1. The van der Waals surface area contributed by atoms with Gasteiger partial charge in [0.2, 0.25) is 5.91 Å². The Morgan fingerprint density at radius 3 is 2.78 bits per heavy atom. The summed E-state index contributed by atoms with van der Waals surface area (Å²) in [6, 6.07) is 5.60. The molecule has 0 aliphatic heterocycles. The van der Waals surface area contributed by atoms with Crippen LogP contribution in [0.1, 0.15) is 24.6 Å². The number of aryl methyl sites for hydroxylation is 2. The molecule has 94 valence electrons. The smallest absolute Gasteiger partial charge is 0.224 e. The molecule has 1 amide bonds.